The SMILES string of the molecule is O=C(CSc1nc(C2CC2)nc2sc3c(c12)CCCC3)Nc1ccc(F)cc1. The van der Waals surface area contributed by atoms with E-state index < -0.39 is 0 Å². The van der Waals surface area contributed by atoms with Crippen LogP contribution in [0.2, 0.25) is 0 Å². The van der Waals surface area contributed by atoms with Crippen LogP contribution in [0.5, 0.6) is 0 Å². The molecule has 0 spiro atoms. The third-order valence-corrected chi connectivity index (χ3v) is 7.37. The van der Waals surface area contributed by atoms with Crippen molar-refractivity contribution in [1.29, 1.82) is 0 Å². The lowest BCUT2D eigenvalue weighted by molar-refractivity contribution is -0.113. The van der Waals surface area contributed by atoms with Gasteiger partial charge in [0.05, 0.1) is 5.75 Å². The number of nitrogens with zero attached hydrogens (tertiary/aromatic N) is 2. The molecule has 0 atom stereocenters. The molecule has 5 rings (SSSR count). The smallest absolute Gasteiger partial charge is 0.234 e. The Morgan fingerprint density at radius 2 is 1.96 bits per heavy atom. The number of hydrogen-bond donors (Lipinski definition) is 1. The number of hydrogen-bond acceptors (Lipinski definition) is 5. The highest BCUT2D eigenvalue weighted by atomic mass is 32.2. The van der Waals surface area contributed by atoms with Crippen molar-refractivity contribution in [3.05, 3.63) is 46.3 Å². The molecule has 1 fully saturated rings. The summed E-state index contributed by atoms with van der Waals surface area (Å²) in [6.07, 6.45) is 6.97. The normalized spacial score (nSPS) is 16.2. The van der Waals surface area contributed by atoms with Crippen molar-refractivity contribution in [2.45, 2.75) is 49.5 Å². The molecule has 1 N–H and O–H groups in total. The molecule has 0 saturated heterocycles. The molecular weight excluding hydrogens is 393 g/mol. The van der Waals surface area contributed by atoms with Gasteiger partial charge in [-0.3, -0.25) is 4.79 Å². The molecule has 2 heterocycles. The van der Waals surface area contributed by atoms with E-state index in [0.717, 1.165) is 41.4 Å². The van der Waals surface area contributed by atoms with Gasteiger partial charge in [-0.15, -0.1) is 11.3 Å². The summed E-state index contributed by atoms with van der Waals surface area (Å²) in [5.41, 5.74) is 2.00. The minimum Gasteiger partial charge on any atom is -0.325 e. The largest absolute Gasteiger partial charge is 0.325 e. The number of nitrogens with one attached hydrogen (secondary N) is 1. The molecule has 1 amide bonds. The lowest BCUT2D eigenvalue weighted by atomic mass is 9.97. The van der Waals surface area contributed by atoms with Gasteiger partial charge in [0.15, 0.2) is 0 Å². The van der Waals surface area contributed by atoms with Crippen LogP contribution in [0.25, 0.3) is 10.2 Å². The van der Waals surface area contributed by atoms with Gasteiger partial charge in [0.2, 0.25) is 5.91 Å². The van der Waals surface area contributed by atoms with E-state index in [4.69, 9.17) is 9.97 Å². The molecule has 4 nitrogen and oxygen atoms in total. The fraction of sp³-hybridized carbons (Fsp3) is 0.381. The van der Waals surface area contributed by atoms with Crippen molar-refractivity contribution in [1.82, 2.24) is 9.97 Å². The van der Waals surface area contributed by atoms with Crippen LogP contribution in [0.1, 0.15) is 47.9 Å². The molecule has 2 aliphatic rings. The summed E-state index contributed by atoms with van der Waals surface area (Å²) in [7, 11) is 0. The molecule has 3 aromatic rings. The molecule has 144 valence electrons. The Hall–Kier alpha value is -1.99. The highest BCUT2D eigenvalue weighted by molar-refractivity contribution is 8.00. The van der Waals surface area contributed by atoms with Gasteiger partial charge in [0.25, 0.3) is 0 Å². The van der Waals surface area contributed by atoms with Gasteiger partial charge in [0.1, 0.15) is 21.5 Å². The van der Waals surface area contributed by atoms with E-state index >= 15 is 0 Å². The fourth-order valence-corrected chi connectivity index (χ4v) is 5.83. The maximum Gasteiger partial charge on any atom is 0.234 e. The molecule has 0 unspecified atom stereocenters. The predicted octanol–water partition coefficient (Wildman–Crippen LogP) is 5.32. The first-order valence-corrected chi connectivity index (χ1v) is 11.5. The third-order valence-electron chi connectivity index (χ3n) is 5.21. The van der Waals surface area contributed by atoms with Crippen LogP contribution in [0.3, 0.4) is 0 Å². The molecule has 0 aliphatic heterocycles. The maximum atomic E-state index is 13.0. The number of carbonyl (C=O) groups is 1. The van der Waals surface area contributed by atoms with Crippen LogP contribution in [0, 0.1) is 5.82 Å². The average Bonchev–Trinajstić information content (AvgIpc) is 3.48. The number of benzene rings is 1. The van der Waals surface area contributed by atoms with Gasteiger partial charge in [-0.1, -0.05) is 11.8 Å². The molecule has 28 heavy (non-hydrogen) atoms. The van der Waals surface area contributed by atoms with E-state index in [0.29, 0.717) is 11.6 Å². The van der Waals surface area contributed by atoms with Crippen molar-refractivity contribution in [2.24, 2.45) is 0 Å². The van der Waals surface area contributed by atoms with Gasteiger partial charge in [-0.25, -0.2) is 14.4 Å². The summed E-state index contributed by atoms with van der Waals surface area (Å²) in [5.74, 6) is 1.27. The molecule has 0 bridgehead atoms. The second kappa shape index (κ2) is 7.44. The monoisotopic (exact) mass is 413 g/mol. The third kappa shape index (κ3) is 3.65. The lowest BCUT2D eigenvalue weighted by Gasteiger charge is -2.12. The maximum absolute atomic E-state index is 13.0. The highest BCUT2D eigenvalue weighted by Crippen LogP contribution is 2.43. The molecular formula is C21H20FN3OS2. The average molecular weight is 414 g/mol. The van der Waals surface area contributed by atoms with Gasteiger partial charge in [-0.2, -0.15) is 0 Å². The Labute approximate surface area is 171 Å². The summed E-state index contributed by atoms with van der Waals surface area (Å²) in [5, 5.41) is 4.94. The molecule has 7 heteroatoms. The van der Waals surface area contributed by atoms with Crippen molar-refractivity contribution in [2.75, 3.05) is 11.1 Å². The number of fused-ring (bicyclic) bond motifs is 3. The van der Waals surface area contributed by atoms with Crippen molar-refractivity contribution in [3.63, 3.8) is 0 Å². The number of amides is 1. The van der Waals surface area contributed by atoms with Gasteiger partial charge in [-0.05, 0) is 68.4 Å². The van der Waals surface area contributed by atoms with E-state index in [1.807, 2.05) is 11.3 Å². The summed E-state index contributed by atoms with van der Waals surface area (Å²) in [6, 6.07) is 5.83. The molecule has 1 aromatic carbocycles. The standard InChI is InChI=1S/C21H20FN3OS2/c22-13-7-9-14(10-8-13)23-17(26)11-27-20-18-15-3-1-2-4-16(15)28-21(18)25-19(24-20)12-5-6-12/h7-10,12H,1-6,11H2,(H,23,26). The predicted molar refractivity (Wildman–Crippen MR) is 112 cm³/mol. The number of halogens is 1. The van der Waals surface area contributed by atoms with Gasteiger partial charge >= 0.3 is 0 Å². The summed E-state index contributed by atoms with van der Waals surface area (Å²) >= 11 is 3.30. The first kappa shape index (κ1) is 18.1. The van der Waals surface area contributed by atoms with Crippen LogP contribution in [0.15, 0.2) is 29.3 Å². The van der Waals surface area contributed by atoms with E-state index in [-0.39, 0.29) is 17.5 Å². The van der Waals surface area contributed by atoms with Crippen LogP contribution in [-0.4, -0.2) is 21.6 Å². The Balaban J connectivity index is 1.40. The molecule has 2 aromatic heterocycles. The minimum atomic E-state index is -0.314. The van der Waals surface area contributed by atoms with Gasteiger partial charge < -0.3 is 5.32 Å². The highest BCUT2D eigenvalue weighted by Gasteiger charge is 2.29. The van der Waals surface area contributed by atoms with E-state index in [1.54, 1.807) is 12.1 Å². The summed E-state index contributed by atoms with van der Waals surface area (Å²) in [4.78, 5) is 24.7. The Bertz CT molecular complexity index is 1040. The van der Waals surface area contributed by atoms with Crippen LogP contribution in [-0.2, 0) is 17.6 Å². The minimum absolute atomic E-state index is 0.111. The van der Waals surface area contributed by atoms with E-state index in [9.17, 15) is 9.18 Å². The second-order valence-electron chi connectivity index (χ2n) is 7.40. The molecule has 0 radical (unpaired) electrons. The number of rotatable bonds is 5. The van der Waals surface area contributed by atoms with Crippen LogP contribution in [0.4, 0.5) is 10.1 Å². The Kier molecular flexibility index (Phi) is 4.80. The van der Waals surface area contributed by atoms with Crippen LogP contribution < -0.4 is 5.32 Å². The van der Waals surface area contributed by atoms with Crippen LogP contribution >= 0.6 is 23.1 Å². The Morgan fingerprint density at radius 1 is 1.18 bits per heavy atom. The topological polar surface area (TPSA) is 54.9 Å². The van der Waals surface area contributed by atoms with Crippen molar-refractivity contribution >= 4 is 44.9 Å². The number of aromatic nitrogens is 2. The first-order valence-electron chi connectivity index (χ1n) is 9.68. The lowest BCUT2D eigenvalue weighted by Crippen LogP contribution is -2.14. The number of anilines is 1. The summed E-state index contributed by atoms with van der Waals surface area (Å²) in [6.45, 7) is 0. The molecule has 1 saturated carbocycles. The Morgan fingerprint density at radius 3 is 2.75 bits per heavy atom. The zero-order chi connectivity index (χ0) is 19.1. The van der Waals surface area contributed by atoms with E-state index in [2.05, 4.69) is 5.32 Å². The first-order chi connectivity index (χ1) is 13.7. The fourth-order valence-electron chi connectivity index (χ4n) is 3.63. The second-order valence-corrected chi connectivity index (χ2v) is 9.44. The number of aryl methyl sites for hydroxylation is 2. The number of thiophene rings is 1. The van der Waals surface area contributed by atoms with Crippen molar-refractivity contribution < 1.29 is 9.18 Å². The number of carbonyl (C=O) groups excluding carboxylic acids is 1. The van der Waals surface area contributed by atoms with Crippen molar-refractivity contribution in [3.8, 4) is 0 Å². The van der Waals surface area contributed by atoms with E-state index in [1.165, 1.54) is 52.6 Å². The number of thioether (sulfide) groups is 1. The summed E-state index contributed by atoms with van der Waals surface area (Å²) < 4.78 is 13.0. The van der Waals surface area contributed by atoms with Gasteiger partial charge in [0, 0.05) is 21.9 Å². The zero-order valence-corrected chi connectivity index (χ0v) is 17.0. The quantitative estimate of drug-likeness (QED) is 0.454. The zero-order valence-electron chi connectivity index (χ0n) is 15.3. The molecule has 2 aliphatic carbocycles.